The van der Waals surface area contributed by atoms with E-state index in [1.54, 1.807) is 12.4 Å². The van der Waals surface area contributed by atoms with Crippen LogP contribution in [0.15, 0.2) is 30.6 Å². The number of nitrogens with zero attached hydrogens (tertiary/aromatic N) is 3. The second-order valence-corrected chi connectivity index (χ2v) is 6.78. The van der Waals surface area contributed by atoms with Gasteiger partial charge in [-0.05, 0) is 36.8 Å². The Morgan fingerprint density at radius 2 is 1.65 bits per heavy atom. The molecule has 0 spiro atoms. The van der Waals surface area contributed by atoms with Crippen molar-refractivity contribution in [2.24, 2.45) is 0 Å². The van der Waals surface area contributed by atoms with Crippen LogP contribution in [0.1, 0.15) is 61.1 Å². The number of anilines is 2. The lowest BCUT2D eigenvalue weighted by atomic mass is 10.0. The third kappa shape index (κ3) is 4.21. The monoisotopic (exact) mass is 352 g/mol. The fourth-order valence-corrected chi connectivity index (χ4v) is 3.47. The van der Waals surface area contributed by atoms with Gasteiger partial charge in [0.15, 0.2) is 0 Å². The third-order valence-electron chi connectivity index (χ3n) is 5.02. The summed E-state index contributed by atoms with van der Waals surface area (Å²) >= 11 is 0. The Morgan fingerprint density at radius 3 is 2.19 bits per heavy atom. The molecule has 1 amide bonds. The molecule has 138 valence electrons. The molecule has 1 fully saturated rings. The summed E-state index contributed by atoms with van der Waals surface area (Å²) in [6, 6.07) is 6.36. The highest BCUT2D eigenvalue weighted by atomic mass is 16.2. The van der Waals surface area contributed by atoms with Crippen molar-refractivity contribution in [3.8, 4) is 0 Å². The molecule has 1 N–H and O–H groups in total. The molecule has 3 rings (SSSR count). The van der Waals surface area contributed by atoms with Crippen LogP contribution in [-0.4, -0.2) is 33.9 Å². The maximum atomic E-state index is 12.6. The number of nitrogens with one attached hydrogen (secondary N) is 1. The molecule has 0 saturated carbocycles. The number of benzene rings is 1. The Kier molecular flexibility index (Phi) is 6.21. The Morgan fingerprint density at radius 1 is 1.00 bits per heavy atom. The zero-order valence-electron chi connectivity index (χ0n) is 15.8. The largest absolute Gasteiger partial charge is 0.338 e. The highest BCUT2D eigenvalue weighted by molar-refractivity contribution is 5.92. The molecule has 0 radical (unpaired) electrons. The fraction of sp³-hybridized carbons (Fsp3) is 0.476. The first-order valence-electron chi connectivity index (χ1n) is 9.72. The SMILES string of the molecule is CCc1cccc(CC)c1Nc1cnc(C(=O)N2CCCCCC2)cn1. The lowest BCUT2D eigenvalue weighted by molar-refractivity contribution is 0.0755. The van der Waals surface area contributed by atoms with Gasteiger partial charge in [0.25, 0.3) is 5.91 Å². The highest BCUT2D eigenvalue weighted by Gasteiger charge is 2.19. The van der Waals surface area contributed by atoms with E-state index in [-0.39, 0.29) is 5.91 Å². The first-order valence-corrected chi connectivity index (χ1v) is 9.72. The lowest BCUT2D eigenvalue weighted by Gasteiger charge is -2.19. The van der Waals surface area contributed by atoms with E-state index in [0.717, 1.165) is 44.5 Å². The first-order chi connectivity index (χ1) is 12.7. The number of carbonyl (C=O) groups excluding carboxylic acids is 1. The zero-order chi connectivity index (χ0) is 18.4. The molecular weight excluding hydrogens is 324 g/mol. The first kappa shape index (κ1) is 18.4. The van der Waals surface area contributed by atoms with Gasteiger partial charge in [-0.2, -0.15) is 0 Å². The minimum Gasteiger partial charge on any atom is -0.338 e. The molecular formula is C21H28N4O. The number of para-hydroxylation sites is 1. The minimum absolute atomic E-state index is 0.00541. The molecule has 1 aromatic carbocycles. The maximum Gasteiger partial charge on any atom is 0.274 e. The van der Waals surface area contributed by atoms with Crippen molar-refractivity contribution in [2.45, 2.75) is 52.4 Å². The fourth-order valence-electron chi connectivity index (χ4n) is 3.47. The second kappa shape index (κ2) is 8.79. The van der Waals surface area contributed by atoms with Gasteiger partial charge in [0.05, 0.1) is 12.4 Å². The normalized spacial score (nSPS) is 14.8. The number of hydrogen-bond acceptors (Lipinski definition) is 4. The quantitative estimate of drug-likeness (QED) is 0.868. The van der Waals surface area contributed by atoms with E-state index in [2.05, 4.69) is 47.3 Å². The van der Waals surface area contributed by atoms with Crippen LogP contribution in [0.5, 0.6) is 0 Å². The lowest BCUT2D eigenvalue weighted by Crippen LogP contribution is -2.32. The number of carbonyl (C=O) groups is 1. The molecule has 26 heavy (non-hydrogen) atoms. The van der Waals surface area contributed by atoms with Gasteiger partial charge >= 0.3 is 0 Å². The van der Waals surface area contributed by atoms with Gasteiger partial charge in [0.2, 0.25) is 0 Å². The van der Waals surface area contributed by atoms with Crippen LogP contribution in [0.4, 0.5) is 11.5 Å². The van der Waals surface area contributed by atoms with Crippen molar-refractivity contribution in [3.05, 3.63) is 47.4 Å². The van der Waals surface area contributed by atoms with Gasteiger partial charge in [-0.15, -0.1) is 0 Å². The van der Waals surface area contributed by atoms with Gasteiger partial charge in [0.1, 0.15) is 11.5 Å². The Bertz CT molecular complexity index is 712. The van der Waals surface area contributed by atoms with E-state index in [9.17, 15) is 4.79 Å². The molecule has 0 unspecified atom stereocenters. The maximum absolute atomic E-state index is 12.6. The van der Waals surface area contributed by atoms with Crippen LogP contribution in [0.25, 0.3) is 0 Å². The summed E-state index contributed by atoms with van der Waals surface area (Å²) in [5.74, 6) is 0.669. The van der Waals surface area contributed by atoms with E-state index < -0.39 is 0 Å². The molecule has 5 nitrogen and oxygen atoms in total. The predicted molar refractivity (Wildman–Crippen MR) is 105 cm³/mol. The van der Waals surface area contributed by atoms with Crippen LogP contribution < -0.4 is 5.32 Å². The van der Waals surface area contributed by atoms with Crippen molar-refractivity contribution in [3.63, 3.8) is 0 Å². The highest BCUT2D eigenvalue weighted by Crippen LogP contribution is 2.25. The number of aromatic nitrogens is 2. The van der Waals surface area contributed by atoms with Crippen LogP contribution in [-0.2, 0) is 12.8 Å². The topological polar surface area (TPSA) is 58.1 Å². The van der Waals surface area contributed by atoms with Crippen molar-refractivity contribution in [1.29, 1.82) is 0 Å². The summed E-state index contributed by atoms with van der Waals surface area (Å²) in [6.45, 7) is 5.94. The van der Waals surface area contributed by atoms with Crippen LogP contribution in [0.2, 0.25) is 0 Å². The average Bonchev–Trinajstić information content (AvgIpc) is 2.97. The van der Waals surface area contributed by atoms with Crippen molar-refractivity contribution in [1.82, 2.24) is 14.9 Å². The van der Waals surface area contributed by atoms with Gasteiger partial charge < -0.3 is 10.2 Å². The molecule has 1 aliphatic heterocycles. The van der Waals surface area contributed by atoms with E-state index in [0.29, 0.717) is 11.5 Å². The third-order valence-corrected chi connectivity index (χ3v) is 5.02. The molecule has 0 atom stereocenters. The number of aryl methyl sites for hydroxylation is 2. The predicted octanol–water partition coefficient (Wildman–Crippen LogP) is 4.36. The number of rotatable bonds is 5. The molecule has 5 heteroatoms. The molecule has 1 aromatic heterocycles. The second-order valence-electron chi connectivity index (χ2n) is 6.78. The Labute approximate surface area is 155 Å². The summed E-state index contributed by atoms with van der Waals surface area (Å²) in [7, 11) is 0. The van der Waals surface area contributed by atoms with E-state index in [4.69, 9.17) is 0 Å². The Hall–Kier alpha value is -2.43. The molecule has 2 heterocycles. The van der Waals surface area contributed by atoms with Crippen LogP contribution in [0, 0.1) is 0 Å². The standard InChI is InChI=1S/C21H28N4O/c1-3-16-10-9-11-17(4-2)20(16)24-19-15-22-18(14-23-19)21(26)25-12-7-5-6-8-13-25/h9-11,14-15H,3-8,12-13H2,1-2H3,(H,23,24). The van der Waals surface area contributed by atoms with Crippen molar-refractivity contribution < 1.29 is 4.79 Å². The smallest absolute Gasteiger partial charge is 0.274 e. The molecule has 0 bridgehead atoms. The number of hydrogen-bond donors (Lipinski definition) is 1. The summed E-state index contributed by atoms with van der Waals surface area (Å²) in [5, 5.41) is 3.40. The van der Waals surface area contributed by atoms with Gasteiger partial charge in [-0.25, -0.2) is 9.97 Å². The van der Waals surface area contributed by atoms with E-state index in [1.165, 1.54) is 24.0 Å². The summed E-state index contributed by atoms with van der Waals surface area (Å²) < 4.78 is 0. The molecule has 2 aromatic rings. The summed E-state index contributed by atoms with van der Waals surface area (Å²) in [6.07, 6.45) is 9.72. The van der Waals surface area contributed by atoms with Crippen LogP contribution >= 0.6 is 0 Å². The van der Waals surface area contributed by atoms with Crippen LogP contribution in [0.3, 0.4) is 0 Å². The molecule has 1 saturated heterocycles. The van der Waals surface area contributed by atoms with E-state index >= 15 is 0 Å². The average molecular weight is 352 g/mol. The number of likely N-dealkylation sites (tertiary alicyclic amines) is 1. The molecule has 0 aliphatic carbocycles. The van der Waals surface area contributed by atoms with Crippen molar-refractivity contribution >= 4 is 17.4 Å². The zero-order valence-corrected chi connectivity index (χ0v) is 15.8. The van der Waals surface area contributed by atoms with Crippen molar-refractivity contribution in [2.75, 3.05) is 18.4 Å². The van der Waals surface area contributed by atoms with Gasteiger partial charge in [-0.3, -0.25) is 4.79 Å². The van der Waals surface area contributed by atoms with E-state index in [1.807, 2.05) is 4.90 Å². The number of amides is 1. The van der Waals surface area contributed by atoms with Gasteiger partial charge in [-0.1, -0.05) is 44.9 Å². The Balaban J connectivity index is 1.75. The summed E-state index contributed by atoms with van der Waals surface area (Å²) in [4.78, 5) is 23.4. The molecule has 1 aliphatic rings. The van der Waals surface area contributed by atoms with Gasteiger partial charge in [0, 0.05) is 18.8 Å². The minimum atomic E-state index is -0.00541. The summed E-state index contributed by atoms with van der Waals surface area (Å²) in [5.41, 5.74) is 4.06.